The molecule has 0 saturated carbocycles. The van der Waals surface area contributed by atoms with Crippen molar-refractivity contribution in [3.63, 3.8) is 0 Å². The van der Waals surface area contributed by atoms with Crippen LogP contribution >= 0.6 is 15.9 Å². The van der Waals surface area contributed by atoms with E-state index in [2.05, 4.69) is 22.9 Å². The van der Waals surface area contributed by atoms with Crippen LogP contribution in [0, 0.1) is 0 Å². The fourth-order valence-electron chi connectivity index (χ4n) is 2.12. The molecule has 1 unspecified atom stereocenters. The summed E-state index contributed by atoms with van der Waals surface area (Å²) >= 11 is 3.53. The molecule has 1 aliphatic rings. The second-order valence-corrected chi connectivity index (χ2v) is 4.71. The van der Waals surface area contributed by atoms with E-state index in [9.17, 15) is 5.11 Å². The van der Waals surface area contributed by atoms with Gasteiger partial charge in [0.05, 0.1) is 12.7 Å². The Labute approximate surface area is 98.4 Å². The number of fused-ring (bicyclic) bond motifs is 1. The van der Waals surface area contributed by atoms with Crippen LogP contribution in [-0.2, 0) is 11.2 Å². The van der Waals surface area contributed by atoms with E-state index in [1.165, 1.54) is 5.56 Å². The van der Waals surface area contributed by atoms with Gasteiger partial charge >= 0.3 is 0 Å². The van der Waals surface area contributed by atoms with E-state index >= 15 is 0 Å². The number of ether oxygens (including phenoxy) is 1. The van der Waals surface area contributed by atoms with Crippen molar-refractivity contribution in [2.45, 2.75) is 32.3 Å². The first kappa shape index (κ1) is 11.0. The molecule has 0 amide bonds. The van der Waals surface area contributed by atoms with Crippen LogP contribution in [0.5, 0.6) is 5.75 Å². The van der Waals surface area contributed by atoms with Gasteiger partial charge < -0.3 is 9.84 Å². The quantitative estimate of drug-likeness (QED) is 0.891. The molecule has 0 aromatic heterocycles. The molecule has 0 saturated heterocycles. The SMILES string of the molecule is CCCC1OCCc2c(Br)ccc(O)c21. The van der Waals surface area contributed by atoms with E-state index in [0.29, 0.717) is 5.75 Å². The standard InChI is InChI=1S/C12H15BrO2/c1-2-3-11-12-8(6-7-15-11)9(13)4-5-10(12)14/h4-5,11,14H,2-3,6-7H2,1H3. The Kier molecular flexibility index (Phi) is 3.32. The average Bonchev–Trinajstić information content (AvgIpc) is 2.24. The Balaban J connectivity index is 2.45. The third kappa shape index (κ3) is 2.04. The second-order valence-electron chi connectivity index (χ2n) is 3.86. The Hall–Kier alpha value is -0.540. The smallest absolute Gasteiger partial charge is 0.121 e. The third-order valence-corrected chi connectivity index (χ3v) is 3.56. The van der Waals surface area contributed by atoms with Gasteiger partial charge in [-0.25, -0.2) is 0 Å². The Morgan fingerprint density at radius 1 is 1.53 bits per heavy atom. The zero-order valence-corrected chi connectivity index (χ0v) is 10.4. The summed E-state index contributed by atoms with van der Waals surface area (Å²) in [7, 11) is 0. The van der Waals surface area contributed by atoms with Gasteiger partial charge in [-0.3, -0.25) is 0 Å². The summed E-state index contributed by atoms with van der Waals surface area (Å²) in [5, 5.41) is 9.88. The van der Waals surface area contributed by atoms with Crippen molar-refractivity contribution >= 4 is 15.9 Å². The first-order valence-corrected chi connectivity index (χ1v) is 6.15. The fraction of sp³-hybridized carbons (Fsp3) is 0.500. The maximum absolute atomic E-state index is 9.88. The summed E-state index contributed by atoms with van der Waals surface area (Å²) in [6.45, 7) is 2.88. The van der Waals surface area contributed by atoms with Crippen molar-refractivity contribution in [2.24, 2.45) is 0 Å². The van der Waals surface area contributed by atoms with Crippen molar-refractivity contribution in [3.8, 4) is 5.75 Å². The predicted octanol–water partition coefficient (Wildman–Crippen LogP) is 3.57. The zero-order chi connectivity index (χ0) is 10.8. The van der Waals surface area contributed by atoms with E-state index in [-0.39, 0.29) is 6.10 Å². The van der Waals surface area contributed by atoms with Crippen LogP contribution in [0.15, 0.2) is 16.6 Å². The lowest BCUT2D eigenvalue weighted by Crippen LogP contribution is -2.16. The first-order chi connectivity index (χ1) is 7.24. The molecule has 3 heteroatoms. The Morgan fingerprint density at radius 3 is 3.07 bits per heavy atom. The molecule has 0 bridgehead atoms. The summed E-state index contributed by atoms with van der Waals surface area (Å²) in [6.07, 6.45) is 2.98. The average molecular weight is 271 g/mol. The van der Waals surface area contributed by atoms with Gasteiger partial charge in [0, 0.05) is 10.0 Å². The summed E-state index contributed by atoms with van der Waals surface area (Å²) in [5.41, 5.74) is 2.19. The Bertz CT molecular complexity index is 363. The van der Waals surface area contributed by atoms with E-state index in [1.54, 1.807) is 6.07 Å². The van der Waals surface area contributed by atoms with Gasteiger partial charge in [0.25, 0.3) is 0 Å². The minimum absolute atomic E-state index is 0.0660. The monoisotopic (exact) mass is 270 g/mol. The molecule has 0 radical (unpaired) electrons. The largest absolute Gasteiger partial charge is 0.508 e. The second kappa shape index (κ2) is 4.54. The van der Waals surface area contributed by atoms with Crippen molar-refractivity contribution in [3.05, 3.63) is 27.7 Å². The van der Waals surface area contributed by atoms with Crippen LogP contribution in [-0.4, -0.2) is 11.7 Å². The molecule has 2 rings (SSSR count). The van der Waals surface area contributed by atoms with Crippen molar-refractivity contribution < 1.29 is 9.84 Å². The number of phenols is 1. The molecule has 2 nitrogen and oxygen atoms in total. The van der Waals surface area contributed by atoms with E-state index in [1.807, 2.05) is 6.07 Å². The topological polar surface area (TPSA) is 29.5 Å². The highest BCUT2D eigenvalue weighted by molar-refractivity contribution is 9.10. The first-order valence-electron chi connectivity index (χ1n) is 5.36. The molecule has 0 aliphatic carbocycles. The number of benzene rings is 1. The van der Waals surface area contributed by atoms with Gasteiger partial charge in [-0.2, -0.15) is 0 Å². The molecule has 1 heterocycles. The maximum atomic E-state index is 9.88. The van der Waals surface area contributed by atoms with Crippen molar-refractivity contribution in [1.29, 1.82) is 0 Å². The minimum Gasteiger partial charge on any atom is -0.508 e. The lowest BCUT2D eigenvalue weighted by Gasteiger charge is -2.27. The molecule has 0 fully saturated rings. The van der Waals surface area contributed by atoms with Crippen LogP contribution in [0.2, 0.25) is 0 Å². The number of phenolic OH excluding ortho intramolecular Hbond substituents is 1. The van der Waals surface area contributed by atoms with Gasteiger partial charge in [-0.15, -0.1) is 0 Å². The molecular formula is C12H15BrO2. The number of rotatable bonds is 2. The van der Waals surface area contributed by atoms with Gasteiger partial charge in [-0.05, 0) is 30.5 Å². The molecule has 0 spiro atoms. The molecule has 1 aliphatic heterocycles. The van der Waals surface area contributed by atoms with E-state index < -0.39 is 0 Å². The number of aromatic hydroxyl groups is 1. The molecule has 1 N–H and O–H groups in total. The summed E-state index contributed by atoms with van der Waals surface area (Å²) < 4.78 is 6.78. The van der Waals surface area contributed by atoms with Crippen molar-refractivity contribution in [2.75, 3.05) is 6.61 Å². The molecule has 1 aromatic carbocycles. The summed E-state index contributed by atoms with van der Waals surface area (Å²) in [5.74, 6) is 0.367. The lowest BCUT2D eigenvalue weighted by molar-refractivity contribution is 0.0341. The zero-order valence-electron chi connectivity index (χ0n) is 8.79. The van der Waals surface area contributed by atoms with Gasteiger partial charge in [0.15, 0.2) is 0 Å². The van der Waals surface area contributed by atoms with Crippen LogP contribution in [0.3, 0.4) is 0 Å². The number of hydrogen-bond donors (Lipinski definition) is 1. The summed E-state index contributed by atoms with van der Waals surface area (Å²) in [4.78, 5) is 0. The van der Waals surface area contributed by atoms with Gasteiger partial charge in [0.2, 0.25) is 0 Å². The Morgan fingerprint density at radius 2 is 2.33 bits per heavy atom. The highest BCUT2D eigenvalue weighted by Gasteiger charge is 2.24. The molecular weight excluding hydrogens is 256 g/mol. The normalized spacial score (nSPS) is 20.0. The van der Waals surface area contributed by atoms with Crippen LogP contribution < -0.4 is 0 Å². The van der Waals surface area contributed by atoms with E-state index in [0.717, 1.165) is 35.9 Å². The summed E-state index contributed by atoms with van der Waals surface area (Å²) in [6, 6.07) is 3.64. The molecule has 1 aromatic rings. The van der Waals surface area contributed by atoms with Gasteiger partial charge in [0.1, 0.15) is 5.75 Å². The fourth-order valence-corrected chi connectivity index (χ4v) is 2.66. The third-order valence-electron chi connectivity index (χ3n) is 2.82. The number of halogens is 1. The van der Waals surface area contributed by atoms with Gasteiger partial charge in [-0.1, -0.05) is 29.3 Å². The lowest BCUT2D eigenvalue weighted by atomic mass is 9.94. The van der Waals surface area contributed by atoms with Crippen LogP contribution in [0.25, 0.3) is 0 Å². The van der Waals surface area contributed by atoms with E-state index in [4.69, 9.17) is 4.74 Å². The highest BCUT2D eigenvalue weighted by atomic mass is 79.9. The predicted molar refractivity (Wildman–Crippen MR) is 63.1 cm³/mol. The number of hydrogen-bond acceptors (Lipinski definition) is 2. The van der Waals surface area contributed by atoms with Crippen LogP contribution in [0.4, 0.5) is 0 Å². The molecule has 82 valence electrons. The maximum Gasteiger partial charge on any atom is 0.121 e. The van der Waals surface area contributed by atoms with Crippen LogP contribution in [0.1, 0.15) is 37.0 Å². The highest BCUT2D eigenvalue weighted by Crippen LogP contribution is 2.39. The minimum atomic E-state index is 0.0660. The molecule has 1 atom stereocenters. The molecule has 15 heavy (non-hydrogen) atoms. The van der Waals surface area contributed by atoms with Crippen molar-refractivity contribution in [1.82, 2.24) is 0 Å².